The number of benzene rings is 2. The molecule has 264 valence electrons. The molecular weight excluding hydrogens is 640 g/mol. The molecular formula is C36H48O11S. The Morgan fingerprint density at radius 1 is 0.750 bits per heavy atom. The van der Waals surface area contributed by atoms with Crippen LogP contribution in [-0.4, -0.2) is 72.6 Å². The molecule has 3 rings (SSSR count). The number of phenolic OH excluding ortho intramolecular Hbond substituents is 1. The lowest BCUT2D eigenvalue weighted by molar-refractivity contribution is -0.237. The molecule has 6 atom stereocenters. The molecule has 2 aromatic carbocycles. The van der Waals surface area contributed by atoms with E-state index in [1.807, 2.05) is 77.9 Å². The van der Waals surface area contributed by atoms with Crippen LogP contribution < -0.4 is 4.74 Å². The number of carbonyl (C=O) groups excluding carboxylic acids is 4. The highest BCUT2D eigenvalue weighted by Crippen LogP contribution is 2.48. The van der Waals surface area contributed by atoms with Gasteiger partial charge in [0.2, 0.25) is 0 Å². The first-order valence-corrected chi connectivity index (χ1v) is 16.6. The maximum Gasteiger partial charge on any atom is 0.303 e. The zero-order valence-corrected chi connectivity index (χ0v) is 30.4. The summed E-state index contributed by atoms with van der Waals surface area (Å²) in [6.45, 7) is 16.6. The third-order valence-electron chi connectivity index (χ3n) is 7.69. The molecule has 2 unspecified atom stereocenters. The summed E-state index contributed by atoms with van der Waals surface area (Å²) in [6, 6.07) is 11.4. The van der Waals surface area contributed by atoms with Crippen molar-refractivity contribution in [2.24, 2.45) is 0 Å². The Morgan fingerprint density at radius 2 is 1.23 bits per heavy atom. The van der Waals surface area contributed by atoms with Crippen molar-refractivity contribution >= 4 is 35.6 Å². The second kappa shape index (κ2) is 15.6. The first-order chi connectivity index (χ1) is 22.2. The number of hydrogen-bond acceptors (Lipinski definition) is 12. The summed E-state index contributed by atoms with van der Waals surface area (Å²) in [4.78, 5) is 49.0. The van der Waals surface area contributed by atoms with Crippen molar-refractivity contribution in [3.05, 3.63) is 58.7 Å². The Labute approximate surface area is 286 Å². The summed E-state index contributed by atoms with van der Waals surface area (Å²) in [5.41, 5.74) is 1.26. The van der Waals surface area contributed by atoms with Gasteiger partial charge in [-0.3, -0.25) is 19.2 Å². The Hall–Kier alpha value is -3.77. The summed E-state index contributed by atoms with van der Waals surface area (Å²) >= 11 is 1.28. The van der Waals surface area contributed by atoms with Gasteiger partial charge in [0.15, 0.2) is 18.3 Å². The summed E-state index contributed by atoms with van der Waals surface area (Å²) in [5.74, 6) is -1.83. The van der Waals surface area contributed by atoms with Gasteiger partial charge in [0, 0.05) is 27.7 Å². The monoisotopic (exact) mass is 688 g/mol. The molecule has 0 saturated carbocycles. The van der Waals surface area contributed by atoms with Gasteiger partial charge in [-0.2, -0.15) is 0 Å². The first kappa shape index (κ1) is 38.7. The minimum atomic E-state index is -1.30. The molecule has 11 nitrogen and oxygen atoms in total. The second-order valence-corrected chi connectivity index (χ2v) is 15.0. The number of carbonyl (C=O) groups is 4. The van der Waals surface area contributed by atoms with Crippen LogP contribution in [0, 0.1) is 0 Å². The molecule has 0 amide bonds. The number of thioether (sulfide) groups is 1. The highest BCUT2D eigenvalue weighted by atomic mass is 32.2. The Bertz CT molecular complexity index is 1440. The van der Waals surface area contributed by atoms with Crippen LogP contribution in [-0.2, 0) is 53.7 Å². The Kier molecular flexibility index (Phi) is 12.6. The van der Waals surface area contributed by atoms with E-state index in [2.05, 4.69) is 0 Å². The number of rotatable bonds is 10. The van der Waals surface area contributed by atoms with Crippen molar-refractivity contribution < 1.29 is 52.7 Å². The molecule has 1 saturated heterocycles. The molecule has 12 heteroatoms. The molecule has 2 aromatic rings. The van der Waals surface area contributed by atoms with Gasteiger partial charge >= 0.3 is 23.9 Å². The van der Waals surface area contributed by atoms with E-state index in [1.54, 1.807) is 7.11 Å². The first-order valence-electron chi connectivity index (χ1n) is 15.7. The normalized spacial score (nSPS) is 21.9. The number of ether oxygens (including phenoxy) is 6. The smallest absolute Gasteiger partial charge is 0.303 e. The number of phenols is 1. The number of aromatic hydroxyl groups is 1. The fourth-order valence-electron chi connectivity index (χ4n) is 5.51. The molecule has 0 radical (unpaired) electrons. The van der Waals surface area contributed by atoms with E-state index in [1.165, 1.54) is 39.5 Å². The standard InChI is InChI=1S/C36H48O11S/c1-19(37)43-18-28-30(44-20(2)38)31(45-21(3)39)32(46-22(4)40)34(47-28)48-33(23-12-14-25(42-11)15-13-23)24-16-26(35(5,6)7)29(41)27(17-24)36(8,9)10/h12-17,28,30-34,41H,18H2,1-11H3/t28-,30+,31?,32?,33+,34+/m0/s1. The van der Waals surface area contributed by atoms with E-state index in [9.17, 15) is 24.3 Å². The summed E-state index contributed by atoms with van der Waals surface area (Å²) < 4.78 is 34.2. The fourth-order valence-corrected chi connectivity index (χ4v) is 6.96. The van der Waals surface area contributed by atoms with Gasteiger partial charge in [-0.05, 0) is 45.2 Å². The molecule has 0 aliphatic carbocycles. The molecule has 0 spiro atoms. The van der Waals surface area contributed by atoms with E-state index >= 15 is 0 Å². The fraction of sp³-hybridized carbons (Fsp3) is 0.556. The van der Waals surface area contributed by atoms with Gasteiger partial charge in [0.05, 0.1) is 12.4 Å². The van der Waals surface area contributed by atoms with Crippen LogP contribution in [0.15, 0.2) is 36.4 Å². The van der Waals surface area contributed by atoms with E-state index in [0.29, 0.717) is 5.75 Å². The predicted molar refractivity (Wildman–Crippen MR) is 180 cm³/mol. The minimum Gasteiger partial charge on any atom is -0.507 e. The zero-order valence-electron chi connectivity index (χ0n) is 29.6. The van der Waals surface area contributed by atoms with Crippen LogP contribution in [0.1, 0.15) is 96.7 Å². The molecule has 1 aliphatic rings. The summed E-state index contributed by atoms with van der Waals surface area (Å²) in [6.07, 6.45) is -4.89. The molecule has 1 heterocycles. The Balaban J connectivity index is 2.29. The predicted octanol–water partition coefficient (Wildman–Crippen LogP) is 5.90. The zero-order chi connectivity index (χ0) is 36.1. The van der Waals surface area contributed by atoms with Crippen LogP contribution in [0.2, 0.25) is 0 Å². The number of hydrogen-bond donors (Lipinski definition) is 1. The highest BCUT2D eigenvalue weighted by molar-refractivity contribution is 8.00. The average Bonchev–Trinajstić information content (AvgIpc) is 2.96. The van der Waals surface area contributed by atoms with Crippen LogP contribution >= 0.6 is 11.8 Å². The van der Waals surface area contributed by atoms with Crippen molar-refractivity contribution in [3.63, 3.8) is 0 Å². The van der Waals surface area contributed by atoms with Gasteiger partial charge in [0.25, 0.3) is 0 Å². The number of esters is 4. The van der Waals surface area contributed by atoms with Crippen LogP contribution in [0.25, 0.3) is 0 Å². The molecule has 48 heavy (non-hydrogen) atoms. The third-order valence-corrected chi connectivity index (χ3v) is 9.15. The van der Waals surface area contributed by atoms with Crippen molar-refractivity contribution in [2.45, 2.75) is 115 Å². The van der Waals surface area contributed by atoms with E-state index < -0.39 is 69.8 Å². The highest BCUT2D eigenvalue weighted by Gasteiger charge is 2.53. The summed E-state index contributed by atoms with van der Waals surface area (Å²) in [7, 11) is 1.57. The van der Waals surface area contributed by atoms with E-state index in [0.717, 1.165) is 22.3 Å². The number of methoxy groups -OCH3 is 1. The lowest BCUT2D eigenvalue weighted by atomic mass is 9.78. The van der Waals surface area contributed by atoms with Crippen molar-refractivity contribution in [3.8, 4) is 11.5 Å². The SMILES string of the molecule is COc1ccc([C@@H](S[C@H]2O[C@@H](COC(C)=O)[C@@H](OC(C)=O)C(OC(C)=O)C2OC(C)=O)c2cc(C(C)(C)C)c(O)c(C(C)(C)C)c2)cc1. The largest absolute Gasteiger partial charge is 0.507 e. The minimum absolute atomic E-state index is 0.213. The van der Waals surface area contributed by atoms with Gasteiger partial charge in [-0.1, -0.05) is 65.8 Å². The lowest BCUT2D eigenvalue weighted by Crippen LogP contribution is -2.61. The van der Waals surface area contributed by atoms with Gasteiger partial charge in [0.1, 0.15) is 29.6 Å². The van der Waals surface area contributed by atoms with Crippen molar-refractivity contribution in [2.75, 3.05) is 13.7 Å². The third kappa shape index (κ3) is 9.88. The topological polar surface area (TPSA) is 144 Å². The molecule has 1 fully saturated rings. The average molecular weight is 689 g/mol. The quantitative estimate of drug-likeness (QED) is 0.234. The van der Waals surface area contributed by atoms with Gasteiger partial charge in [-0.25, -0.2) is 0 Å². The molecule has 1 N–H and O–H groups in total. The van der Waals surface area contributed by atoms with Crippen molar-refractivity contribution in [1.29, 1.82) is 0 Å². The van der Waals surface area contributed by atoms with Crippen molar-refractivity contribution in [1.82, 2.24) is 0 Å². The lowest BCUT2D eigenvalue weighted by Gasteiger charge is -2.45. The van der Waals surface area contributed by atoms with Crippen LogP contribution in [0.3, 0.4) is 0 Å². The molecule has 0 bridgehead atoms. The van der Waals surface area contributed by atoms with E-state index in [4.69, 9.17) is 28.4 Å². The second-order valence-electron chi connectivity index (χ2n) is 13.8. The van der Waals surface area contributed by atoms with Crippen LogP contribution in [0.4, 0.5) is 0 Å². The molecule has 0 aromatic heterocycles. The maximum atomic E-state index is 12.5. The van der Waals surface area contributed by atoms with E-state index in [-0.39, 0.29) is 12.4 Å². The van der Waals surface area contributed by atoms with Gasteiger partial charge in [-0.15, -0.1) is 11.8 Å². The summed E-state index contributed by atoms with van der Waals surface area (Å²) in [5, 5.41) is 11.0. The molecule has 1 aliphatic heterocycles. The Morgan fingerprint density at radius 3 is 1.67 bits per heavy atom. The van der Waals surface area contributed by atoms with Crippen LogP contribution in [0.5, 0.6) is 11.5 Å². The maximum absolute atomic E-state index is 12.5. The van der Waals surface area contributed by atoms with Gasteiger partial charge < -0.3 is 33.5 Å².